The van der Waals surface area contributed by atoms with Gasteiger partial charge in [0, 0.05) is 15.4 Å². The van der Waals surface area contributed by atoms with Gasteiger partial charge in [0.2, 0.25) is 0 Å². The van der Waals surface area contributed by atoms with Crippen molar-refractivity contribution in [2.75, 3.05) is 0 Å². The number of benzene rings is 1. The Kier molecular flexibility index (Phi) is 2.56. The van der Waals surface area contributed by atoms with Crippen molar-refractivity contribution in [2.24, 2.45) is 0 Å². The van der Waals surface area contributed by atoms with E-state index in [1.165, 1.54) is 5.39 Å². The number of fused-ring (bicyclic) bond motifs is 1. The molecule has 0 aliphatic heterocycles. The maximum absolute atomic E-state index is 3.45. The lowest BCUT2D eigenvalue weighted by atomic mass is 10.2. The van der Waals surface area contributed by atoms with Gasteiger partial charge in [-0.2, -0.15) is 0 Å². The van der Waals surface area contributed by atoms with Gasteiger partial charge in [0.15, 0.2) is 0 Å². The average Bonchev–Trinajstić information content (AvgIpc) is 2.59. The normalized spacial score (nSPS) is 12.3. The summed E-state index contributed by atoms with van der Waals surface area (Å²) in [5.74, 6) is 0. The molecule has 0 bridgehead atoms. The fourth-order valence-electron chi connectivity index (χ4n) is 1.26. The van der Waals surface area contributed by atoms with Crippen LogP contribution in [0.3, 0.4) is 0 Å². The van der Waals surface area contributed by atoms with Crippen LogP contribution in [-0.2, 0) is 0 Å². The van der Waals surface area contributed by atoms with Crippen LogP contribution in [-0.4, -0.2) is 4.98 Å². The highest BCUT2D eigenvalue weighted by Gasteiger charge is 2.01. The predicted molar refractivity (Wildman–Crippen MR) is 64.1 cm³/mol. The van der Waals surface area contributed by atoms with Crippen LogP contribution < -0.4 is 0 Å². The summed E-state index contributed by atoms with van der Waals surface area (Å²) in [6, 6.07) is 10.3. The molecule has 1 N–H and O–H groups in total. The minimum Gasteiger partial charge on any atom is -0.354 e. The van der Waals surface area contributed by atoms with Gasteiger partial charge < -0.3 is 4.98 Å². The summed E-state index contributed by atoms with van der Waals surface area (Å²) in [7, 11) is 0. The summed E-state index contributed by atoms with van der Waals surface area (Å²) in [5, 5.41) is 1.23. The van der Waals surface area contributed by atoms with E-state index in [4.69, 9.17) is 0 Å². The molecule has 1 nitrogen and oxygen atoms in total. The maximum Gasteiger partial charge on any atom is 0.0540 e. The molecule has 1 aromatic carbocycles. The number of aromatic nitrogens is 1. The quantitative estimate of drug-likeness (QED) is 0.810. The lowest BCUT2D eigenvalue weighted by Gasteiger charge is -1.89. The van der Waals surface area contributed by atoms with Crippen LogP contribution in [0.15, 0.2) is 35.3 Å². The molecule has 66 valence electrons. The second kappa shape index (κ2) is 3.68. The first kappa shape index (κ1) is 9.03. The summed E-state index contributed by atoms with van der Waals surface area (Å²) in [5.41, 5.74) is 2.24. The molecule has 0 spiro atoms. The van der Waals surface area contributed by atoms with E-state index in [0.29, 0.717) is 0 Å². The Morgan fingerprint density at radius 2 is 2.08 bits per heavy atom. The van der Waals surface area contributed by atoms with Gasteiger partial charge in [0.25, 0.3) is 0 Å². The highest BCUT2D eigenvalue weighted by molar-refractivity contribution is 9.16. The molecule has 0 saturated heterocycles. The first-order chi connectivity index (χ1) is 6.31. The number of aromatic amines is 1. The zero-order valence-electron chi connectivity index (χ0n) is 6.72. The van der Waals surface area contributed by atoms with E-state index in [-0.39, 0.29) is 0 Å². The zero-order chi connectivity index (χ0) is 9.26. The van der Waals surface area contributed by atoms with E-state index in [9.17, 15) is 0 Å². The van der Waals surface area contributed by atoms with E-state index >= 15 is 0 Å². The van der Waals surface area contributed by atoms with Crippen molar-refractivity contribution in [3.8, 4) is 0 Å². The van der Waals surface area contributed by atoms with Gasteiger partial charge in [-0.25, -0.2) is 0 Å². The topological polar surface area (TPSA) is 15.8 Å². The van der Waals surface area contributed by atoms with Crippen molar-refractivity contribution in [1.29, 1.82) is 0 Å². The summed E-state index contributed by atoms with van der Waals surface area (Å²) < 4.78 is 1.02. The molecule has 13 heavy (non-hydrogen) atoms. The lowest BCUT2D eigenvalue weighted by Crippen LogP contribution is -1.72. The van der Waals surface area contributed by atoms with Crippen molar-refractivity contribution in [2.45, 2.75) is 0 Å². The molecule has 0 saturated carbocycles. The Balaban J connectivity index is 2.62. The van der Waals surface area contributed by atoms with Gasteiger partial charge in [-0.1, -0.05) is 34.1 Å². The number of H-pyrrole nitrogens is 1. The van der Waals surface area contributed by atoms with E-state index in [1.807, 2.05) is 17.1 Å². The van der Waals surface area contributed by atoms with E-state index in [2.05, 4.69) is 55.0 Å². The third kappa shape index (κ3) is 1.71. The summed E-state index contributed by atoms with van der Waals surface area (Å²) in [6.07, 6.45) is 0. The standard InChI is InChI=1S/C10H7Br2N/c11-6-8(12)10-5-7-3-1-2-4-9(7)13-10/h1-6,13H. The van der Waals surface area contributed by atoms with Crippen LogP contribution in [0.1, 0.15) is 5.69 Å². The molecule has 3 heteroatoms. The average molecular weight is 301 g/mol. The molecule has 0 aliphatic carbocycles. The zero-order valence-corrected chi connectivity index (χ0v) is 9.89. The van der Waals surface area contributed by atoms with Gasteiger partial charge in [-0.15, -0.1) is 0 Å². The van der Waals surface area contributed by atoms with Crippen LogP contribution in [0, 0.1) is 0 Å². The fraction of sp³-hybridized carbons (Fsp3) is 0. The Hall–Kier alpha value is -0.540. The molecule has 2 rings (SSSR count). The molecule has 0 amide bonds. The van der Waals surface area contributed by atoms with Gasteiger partial charge in [0.05, 0.1) is 5.69 Å². The highest BCUT2D eigenvalue weighted by Crippen LogP contribution is 2.25. The minimum absolute atomic E-state index is 1.02. The van der Waals surface area contributed by atoms with Crippen molar-refractivity contribution >= 4 is 47.2 Å². The van der Waals surface area contributed by atoms with Crippen LogP contribution in [0.2, 0.25) is 0 Å². The molecule has 0 atom stereocenters. The summed E-state index contributed by atoms with van der Waals surface area (Å²) >= 11 is 6.73. The van der Waals surface area contributed by atoms with Gasteiger partial charge in [-0.3, -0.25) is 0 Å². The van der Waals surface area contributed by atoms with E-state index in [1.54, 1.807) is 0 Å². The maximum atomic E-state index is 3.45. The SMILES string of the molecule is BrC=C(Br)c1cc2ccccc2[nH]1. The Labute approximate surface area is 93.1 Å². The van der Waals surface area contributed by atoms with Crippen molar-refractivity contribution in [3.05, 3.63) is 41.0 Å². The first-order valence-corrected chi connectivity index (χ1v) is 5.56. The lowest BCUT2D eigenvalue weighted by molar-refractivity contribution is 1.43. The van der Waals surface area contributed by atoms with Crippen molar-refractivity contribution in [3.63, 3.8) is 0 Å². The largest absolute Gasteiger partial charge is 0.354 e. The molecule has 2 aromatic rings. The predicted octanol–water partition coefficient (Wildman–Crippen LogP) is 4.26. The second-order valence-electron chi connectivity index (χ2n) is 2.73. The molecule has 0 unspecified atom stereocenters. The third-order valence-corrected chi connectivity index (χ3v) is 3.61. The third-order valence-electron chi connectivity index (χ3n) is 1.88. The second-order valence-corrected chi connectivity index (χ2v) is 4.04. The van der Waals surface area contributed by atoms with Crippen LogP contribution in [0.4, 0.5) is 0 Å². The Morgan fingerprint density at radius 1 is 1.31 bits per heavy atom. The van der Waals surface area contributed by atoms with Crippen LogP contribution >= 0.6 is 31.9 Å². The number of para-hydroxylation sites is 1. The molecule has 1 heterocycles. The van der Waals surface area contributed by atoms with Crippen molar-refractivity contribution in [1.82, 2.24) is 4.98 Å². The number of nitrogens with one attached hydrogen (secondary N) is 1. The van der Waals surface area contributed by atoms with Gasteiger partial charge in [0.1, 0.15) is 0 Å². The molecular formula is C10H7Br2N. The van der Waals surface area contributed by atoms with Gasteiger partial charge in [-0.05, 0) is 33.0 Å². The van der Waals surface area contributed by atoms with E-state index < -0.39 is 0 Å². The first-order valence-electron chi connectivity index (χ1n) is 3.85. The number of hydrogen-bond donors (Lipinski definition) is 1. The molecule has 0 aliphatic rings. The molecule has 0 radical (unpaired) electrons. The van der Waals surface area contributed by atoms with Crippen LogP contribution in [0.25, 0.3) is 15.4 Å². The summed E-state index contributed by atoms with van der Waals surface area (Å²) in [4.78, 5) is 5.15. The smallest absolute Gasteiger partial charge is 0.0540 e. The minimum atomic E-state index is 1.02. The molecule has 1 aromatic heterocycles. The highest BCUT2D eigenvalue weighted by atomic mass is 79.9. The Bertz CT molecular complexity index is 424. The Morgan fingerprint density at radius 3 is 2.77 bits per heavy atom. The van der Waals surface area contributed by atoms with Gasteiger partial charge >= 0.3 is 0 Å². The molecular weight excluding hydrogens is 294 g/mol. The molecule has 0 fully saturated rings. The summed E-state index contributed by atoms with van der Waals surface area (Å²) in [6.45, 7) is 0. The van der Waals surface area contributed by atoms with Crippen molar-refractivity contribution < 1.29 is 0 Å². The van der Waals surface area contributed by atoms with E-state index in [0.717, 1.165) is 15.7 Å². The number of halogens is 2. The number of hydrogen-bond acceptors (Lipinski definition) is 0. The fourth-order valence-corrected chi connectivity index (χ4v) is 1.72. The monoisotopic (exact) mass is 299 g/mol. The number of rotatable bonds is 1. The van der Waals surface area contributed by atoms with Crippen LogP contribution in [0.5, 0.6) is 0 Å².